The molecular weight excluding hydrogens is 244 g/mol. The first-order chi connectivity index (χ1) is 8.69. The highest BCUT2D eigenvalue weighted by Gasteiger charge is 2.25. The molecule has 0 radical (unpaired) electrons. The lowest BCUT2D eigenvalue weighted by molar-refractivity contribution is 0.257. The van der Waals surface area contributed by atoms with Crippen LogP contribution >= 0.6 is 11.6 Å². The Kier molecular flexibility index (Phi) is 4.90. The van der Waals surface area contributed by atoms with Gasteiger partial charge in [-0.15, -0.1) is 0 Å². The van der Waals surface area contributed by atoms with E-state index in [4.69, 9.17) is 17.3 Å². The summed E-state index contributed by atoms with van der Waals surface area (Å²) in [6.45, 7) is 3.03. The van der Waals surface area contributed by atoms with Crippen LogP contribution in [0.5, 0.6) is 0 Å². The highest BCUT2D eigenvalue weighted by atomic mass is 35.5. The van der Waals surface area contributed by atoms with E-state index in [1.807, 2.05) is 18.2 Å². The Morgan fingerprint density at radius 1 is 1.44 bits per heavy atom. The van der Waals surface area contributed by atoms with Crippen molar-refractivity contribution in [1.29, 1.82) is 0 Å². The molecule has 1 aromatic rings. The Labute approximate surface area is 115 Å². The molecule has 100 valence electrons. The van der Waals surface area contributed by atoms with Gasteiger partial charge in [0.2, 0.25) is 0 Å². The van der Waals surface area contributed by atoms with Crippen molar-refractivity contribution in [2.75, 3.05) is 11.9 Å². The zero-order valence-corrected chi connectivity index (χ0v) is 11.8. The zero-order chi connectivity index (χ0) is 13.0. The first-order valence-electron chi connectivity index (χ1n) is 6.91. The van der Waals surface area contributed by atoms with Crippen LogP contribution in [0.2, 0.25) is 5.02 Å². The van der Waals surface area contributed by atoms with E-state index in [1.54, 1.807) is 0 Å². The van der Waals surface area contributed by atoms with E-state index < -0.39 is 0 Å². The van der Waals surface area contributed by atoms with Gasteiger partial charge in [0.05, 0.1) is 0 Å². The number of halogens is 1. The molecule has 3 heteroatoms. The van der Waals surface area contributed by atoms with Gasteiger partial charge in [0.25, 0.3) is 0 Å². The molecule has 0 aliphatic heterocycles. The standard InChI is InChI=1S/C15H23ClN2/c1-11-4-2-5-12(8-11)15(10-17)18-14-7-3-6-13(16)9-14/h3,6-7,9,11-12,15,18H,2,4-5,8,10,17H2,1H3. The second-order valence-electron chi connectivity index (χ2n) is 5.53. The third kappa shape index (κ3) is 3.63. The molecule has 18 heavy (non-hydrogen) atoms. The van der Waals surface area contributed by atoms with Gasteiger partial charge in [0.15, 0.2) is 0 Å². The van der Waals surface area contributed by atoms with Crippen molar-refractivity contribution in [3.63, 3.8) is 0 Å². The molecule has 3 unspecified atom stereocenters. The highest BCUT2D eigenvalue weighted by Crippen LogP contribution is 2.32. The number of nitrogens with two attached hydrogens (primary N) is 1. The van der Waals surface area contributed by atoms with Crippen LogP contribution in [0.1, 0.15) is 32.6 Å². The molecule has 1 aromatic carbocycles. The molecular formula is C15H23ClN2. The molecule has 0 aromatic heterocycles. The van der Waals surface area contributed by atoms with E-state index in [-0.39, 0.29) is 0 Å². The van der Waals surface area contributed by atoms with Gasteiger partial charge in [-0.2, -0.15) is 0 Å². The number of rotatable bonds is 4. The Morgan fingerprint density at radius 2 is 2.28 bits per heavy atom. The van der Waals surface area contributed by atoms with E-state index in [1.165, 1.54) is 25.7 Å². The minimum atomic E-state index is 0.367. The lowest BCUT2D eigenvalue weighted by Crippen LogP contribution is -2.38. The Bertz CT molecular complexity index is 381. The normalized spacial score (nSPS) is 25.7. The quantitative estimate of drug-likeness (QED) is 0.867. The van der Waals surface area contributed by atoms with Crippen LogP contribution in [-0.2, 0) is 0 Å². The summed E-state index contributed by atoms with van der Waals surface area (Å²) in [5, 5.41) is 4.32. The predicted octanol–water partition coefficient (Wildman–Crippen LogP) is 3.91. The molecule has 3 N–H and O–H groups in total. The van der Waals surface area contributed by atoms with Crippen LogP contribution in [-0.4, -0.2) is 12.6 Å². The minimum Gasteiger partial charge on any atom is -0.381 e. The molecule has 2 rings (SSSR count). The number of benzene rings is 1. The lowest BCUT2D eigenvalue weighted by Gasteiger charge is -2.33. The maximum absolute atomic E-state index is 6.01. The highest BCUT2D eigenvalue weighted by molar-refractivity contribution is 6.30. The molecule has 3 atom stereocenters. The third-order valence-corrected chi connectivity index (χ3v) is 4.21. The molecule has 1 aliphatic carbocycles. The minimum absolute atomic E-state index is 0.367. The summed E-state index contributed by atoms with van der Waals surface area (Å²) < 4.78 is 0. The maximum atomic E-state index is 6.01. The molecule has 0 bridgehead atoms. The van der Waals surface area contributed by atoms with Gasteiger partial charge in [0, 0.05) is 23.3 Å². The number of hydrogen-bond donors (Lipinski definition) is 2. The fourth-order valence-electron chi connectivity index (χ4n) is 3.01. The molecule has 1 saturated carbocycles. The van der Waals surface area contributed by atoms with Crippen LogP contribution in [0.25, 0.3) is 0 Å². The van der Waals surface area contributed by atoms with Crippen LogP contribution in [0.4, 0.5) is 5.69 Å². The van der Waals surface area contributed by atoms with Gasteiger partial charge in [-0.1, -0.05) is 37.4 Å². The molecule has 0 heterocycles. The van der Waals surface area contributed by atoms with Gasteiger partial charge in [0.1, 0.15) is 0 Å². The summed E-state index contributed by atoms with van der Waals surface area (Å²) in [4.78, 5) is 0. The van der Waals surface area contributed by atoms with E-state index in [2.05, 4.69) is 18.3 Å². The summed E-state index contributed by atoms with van der Waals surface area (Å²) in [5.74, 6) is 1.52. The average molecular weight is 267 g/mol. The van der Waals surface area contributed by atoms with Crippen LogP contribution in [0.15, 0.2) is 24.3 Å². The van der Waals surface area contributed by atoms with Crippen molar-refractivity contribution in [3.05, 3.63) is 29.3 Å². The molecule has 2 nitrogen and oxygen atoms in total. The molecule has 1 fully saturated rings. The smallest absolute Gasteiger partial charge is 0.0426 e. The number of anilines is 1. The Morgan fingerprint density at radius 3 is 2.94 bits per heavy atom. The first kappa shape index (κ1) is 13.7. The van der Waals surface area contributed by atoms with Crippen molar-refractivity contribution < 1.29 is 0 Å². The summed E-state index contributed by atoms with van der Waals surface area (Å²) in [5.41, 5.74) is 7.02. The second kappa shape index (κ2) is 6.44. The van der Waals surface area contributed by atoms with E-state index in [9.17, 15) is 0 Å². The first-order valence-corrected chi connectivity index (χ1v) is 7.29. The van der Waals surface area contributed by atoms with Crippen molar-refractivity contribution in [2.24, 2.45) is 17.6 Å². The molecule has 0 saturated heterocycles. The van der Waals surface area contributed by atoms with Crippen molar-refractivity contribution in [3.8, 4) is 0 Å². The fourth-order valence-corrected chi connectivity index (χ4v) is 3.20. The second-order valence-corrected chi connectivity index (χ2v) is 5.97. The van der Waals surface area contributed by atoms with Crippen molar-refractivity contribution in [1.82, 2.24) is 0 Å². The molecule has 0 amide bonds. The Hall–Kier alpha value is -0.730. The van der Waals surface area contributed by atoms with Crippen molar-refractivity contribution in [2.45, 2.75) is 38.6 Å². The van der Waals surface area contributed by atoms with Gasteiger partial charge >= 0.3 is 0 Å². The lowest BCUT2D eigenvalue weighted by atomic mass is 9.78. The zero-order valence-electron chi connectivity index (χ0n) is 11.0. The van der Waals surface area contributed by atoms with Gasteiger partial charge in [-0.05, 0) is 42.9 Å². The van der Waals surface area contributed by atoms with Crippen LogP contribution in [0, 0.1) is 11.8 Å². The van der Waals surface area contributed by atoms with E-state index in [0.717, 1.165) is 16.6 Å². The maximum Gasteiger partial charge on any atom is 0.0426 e. The summed E-state index contributed by atoms with van der Waals surface area (Å²) in [6.07, 6.45) is 5.28. The van der Waals surface area contributed by atoms with Gasteiger partial charge < -0.3 is 11.1 Å². The average Bonchev–Trinajstić information content (AvgIpc) is 2.36. The summed E-state index contributed by atoms with van der Waals surface area (Å²) in [7, 11) is 0. The number of hydrogen-bond acceptors (Lipinski definition) is 2. The summed E-state index contributed by atoms with van der Waals surface area (Å²) >= 11 is 6.01. The summed E-state index contributed by atoms with van der Waals surface area (Å²) in [6, 6.07) is 8.26. The van der Waals surface area contributed by atoms with Gasteiger partial charge in [-0.3, -0.25) is 0 Å². The molecule has 1 aliphatic rings. The van der Waals surface area contributed by atoms with Crippen LogP contribution in [0.3, 0.4) is 0 Å². The van der Waals surface area contributed by atoms with Gasteiger partial charge in [-0.25, -0.2) is 0 Å². The number of nitrogens with one attached hydrogen (secondary N) is 1. The van der Waals surface area contributed by atoms with E-state index in [0.29, 0.717) is 18.5 Å². The predicted molar refractivity (Wildman–Crippen MR) is 79.0 cm³/mol. The topological polar surface area (TPSA) is 38.0 Å². The molecule has 0 spiro atoms. The Balaban J connectivity index is 2.00. The van der Waals surface area contributed by atoms with E-state index >= 15 is 0 Å². The van der Waals surface area contributed by atoms with Crippen molar-refractivity contribution >= 4 is 17.3 Å². The fraction of sp³-hybridized carbons (Fsp3) is 0.600. The SMILES string of the molecule is CC1CCCC(C(CN)Nc2cccc(Cl)c2)C1. The largest absolute Gasteiger partial charge is 0.381 e. The monoisotopic (exact) mass is 266 g/mol. The third-order valence-electron chi connectivity index (χ3n) is 3.98. The van der Waals surface area contributed by atoms with Crippen LogP contribution < -0.4 is 11.1 Å².